The first-order valence-corrected chi connectivity index (χ1v) is 8.74. The fraction of sp³-hybridized carbons (Fsp3) is 0.211. The van der Waals surface area contributed by atoms with Crippen LogP contribution in [0.5, 0.6) is 5.75 Å². The van der Waals surface area contributed by atoms with Gasteiger partial charge in [0, 0.05) is 16.6 Å². The number of rotatable bonds is 7. The summed E-state index contributed by atoms with van der Waals surface area (Å²) < 4.78 is 5.69. The molecule has 0 fully saturated rings. The van der Waals surface area contributed by atoms with E-state index in [4.69, 9.17) is 4.74 Å². The lowest BCUT2D eigenvalue weighted by Gasteiger charge is -2.05. The molecule has 0 saturated heterocycles. The van der Waals surface area contributed by atoms with Gasteiger partial charge >= 0.3 is 0 Å². The summed E-state index contributed by atoms with van der Waals surface area (Å²) >= 11 is 1.61. The van der Waals surface area contributed by atoms with Crippen LogP contribution in [-0.2, 0) is 0 Å². The number of nitrogens with one attached hydrogen (secondary N) is 1. The fourth-order valence-electron chi connectivity index (χ4n) is 2.16. The number of anilines is 2. The zero-order valence-electron chi connectivity index (χ0n) is 13.5. The molecule has 0 aliphatic carbocycles. The maximum Gasteiger partial charge on any atom is 0.187 e. The number of hydrogen-bond donors (Lipinski definition) is 1. The Balaban J connectivity index is 0.00000208. The van der Waals surface area contributed by atoms with Crippen LogP contribution in [0.4, 0.5) is 10.8 Å². The van der Waals surface area contributed by atoms with Crippen LogP contribution in [0.15, 0.2) is 60.0 Å². The molecular formula is C19H20BrN2OS-. The molecule has 3 nitrogen and oxygen atoms in total. The van der Waals surface area contributed by atoms with Gasteiger partial charge in [0.1, 0.15) is 5.75 Å². The Bertz CT molecular complexity index is 729. The minimum absolute atomic E-state index is 0. The van der Waals surface area contributed by atoms with E-state index >= 15 is 0 Å². The highest BCUT2D eigenvalue weighted by Gasteiger charge is 2.05. The van der Waals surface area contributed by atoms with Gasteiger partial charge in [-0.15, -0.1) is 11.3 Å². The van der Waals surface area contributed by atoms with E-state index in [2.05, 4.69) is 34.7 Å². The molecule has 0 radical (unpaired) electrons. The number of hydrogen-bond acceptors (Lipinski definition) is 4. The molecular weight excluding hydrogens is 384 g/mol. The fourth-order valence-corrected chi connectivity index (χ4v) is 2.90. The molecule has 0 spiro atoms. The summed E-state index contributed by atoms with van der Waals surface area (Å²) in [5, 5.41) is 6.29. The molecule has 0 aliphatic rings. The van der Waals surface area contributed by atoms with Gasteiger partial charge in [0.05, 0.1) is 12.3 Å². The second kappa shape index (κ2) is 9.45. The molecule has 3 aromatic rings. The predicted octanol–water partition coefficient (Wildman–Crippen LogP) is 2.74. The second-order valence-electron chi connectivity index (χ2n) is 5.26. The maximum absolute atomic E-state index is 5.69. The van der Waals surface area contributed by atoms with Crippen LogP contribution in [0.1, 0.15) is 19.8 Å². The molecule has 0 bridgehead atoms. The van der Waals surface area contributed by atoms with E-state index in [0.29, 0.717) is 0 Å². The Morgan fingerprint density at radius 1 is 1.04 bits per heavy atom. The maximum atomic E-state index is 5.69. The third-order valence-electron chi connectivity index (χ3n) is 3.45. The highest BCUT2D eigenvalue weighted by atomic mass is 79.9. The van der Waals surface area contributed by atoms with Crippen LogP contribution in [0.2, 0.25) is 0 Å². The van der Waals surface area contributed by atoms with Crippen molar-refractivity contribution in [2.75, 3.05) is 11.9 Å². The monoisotopic (exact) mass is 403 g/mol. The largest absolute Gasteiger partial charge is 1.00 e. The number of benzene rings is 2. The molecule has 2 aromatic carbocycles. The quantitative estimate of drug-likeness (QED) is 0.615. The van der Waals surface area contributed by atoms with Gasteiger partial charge < -0.3 is 27.0 Å². The average molecular weight is 404 g/mol. The lowest BCUT2D eigenvalue weighted by molar-refractivity contribution is -0.00000512. The van der Waals surface area contributed by atoms with Crippen molar-refractivity contribution in [3.8, 4) is 17.0 Å². The van der Waals surface area contributed by atoms with Gasteiger partial charge in [-0.05, 0) is 42.8 Å². The normalized spacial score (nSPS) is 10.0. The van der Waals surface area contributed by atoms with E-state index < -0.39 is 0 Å². The van der Waals surface area contributed by atoms with E-state index in [1.54, 1.807) is 11.3 Å². The molecule has 24 heavy (non-hydrogen) atoms. The Hall–Kier alpha value is -1.85. The number of ether oxygens (including phenoxy) is 1. The van der Waals surface area contributed by atoms with E-state index in [1.165, 1.54) is 0 Å². The molecule has 0 atom stereocenters. The molecule has 0 aliphatic heterocycles. The Morgan fingerprint density at radius 2 is 1.79 bits per heavy atom. The Labute approximate surface area is 157 Å². The zero-order valence-corrected chi connectivity index (χ0v) is 15.9. The third kappa shape index (κ3) is 5.08. The van der Waals surface area contributed by atoms with Crippen molar-refractivity contribution < 1.29 is 21.7 Å². The molecule has 1 aromatic heterocycles. The van der Waals surface area contributed by atoms with E-state index in [0.717, 1.165) is 47.3 Å². The molecule has 126 valence electrons. The van der Waals surface area contributed by atoms with Crippen LogP contribution in [0.25, 0.3) is 11.3 Å². The molecule has 1 N–H and O–H groups in total. The summed E-state index contributed by atoms with van der Waals surface area (Å²) in [5.41, 5.74) is 3.13. The molecule has 5 heteroatoms. The first-order valence-electron chi connectivity index (χ1n) is 7.86. The summed E-state index contributed by atoms with van der Waals surface area (Å²) in [6.07, 6.45) is 2.23. The summed E-state index contributed by atoms with van der Waals surface area (Å²) in [4.78, 5) is 4.65. The van der Waals surface area contributed by atoms with Gasteiger partial charge in [0.2, 0.25) is 0 Å². The highest BCUT2D eigenvalue weighted by molar-refractivity contribution is 7.14. The first-order chi connectivity index (χ1) is 11.3. The van der Waals surface area contributed by atoms with Crippen molar-refractivity contribution in [3.63, 3.8) is 0 Å². The standard InChI is InChI=1S/C19H20N2OS.BrH/c1-2-3-13-22-17-11-9-15(10-12-17)18-14-23-19(21-18)20-16-7-5-4-6-8-16;/h4-12,14H,2-3,13H2,1H3,(H,20,21);1H/p-1. The topological polar surface area (TPSA) is 34.1 Å². The van der Waals surface area contributed by atoms with Crippen LogP contribution in [0, 0.1) is 0 Å². The van der Waals surface area contributed by atoms with Crippen molar-refractivity contribution in [1.82, 2.24) is 4.98 Å². The lowest BCUT2D eigenvalue weighted by atomic mass is 10.2. The Morgan fingerprint density at radius 3 is 2.50 bits per heavy atom. The summed E-state index contributed by atoms with van der Waals surface area (Å²) in [5.74, 6) is 0.917. The van der Waals surface area contributed by atoms with Crippen LogP contribution < -0.4 is 27.0 Å². The smallest absolute Gasteiger partial charge is 0.187 e. The third-order valence-corrected chi connectivity index (χ3v) is 4.20. The van der Waals surface area contributed by atoms with E-state index in [9.17, 15) is 0 Å². The number of nitrogens with zero attached hydrogens (tertiary/aromatic N) is 1. The predicted molar refractivity (Wildman–Crippen MR) is 97.7 cm³/mol. The van der Waals surface area contributed by atoms with Crippen molar-refractivity contribution >= 4 is 22.2 Å². The molecule has 0 unspecified atom stereocenters. The van der Waals surface area contributed by atoms with Gasteiger partial charge in [-0.25, -0.2) is 4.98 Å². The highest BCUT2D eigenvalue weighted by Crippen LogP contribution is 2.28. The van der Waals surface area contributed by atoms with Gasteiger partial charge in [-0.1, -0.05) is 31.5 Å². The molecule has 1 heterocycles. The van der Waals surface area contributed by atoms with Crippen molar-refractivity contribution in [3.05, 3.63) is 60.0 Å². The van der Waals surface area contributed by atoms with Crippen LogP contribution in [0.3, 0.4) is 0 Å². The van der Waals surface area contributed by atoms with E-state index in [-0.39, 0.29) is 17.0 Å². The van der Waals surface area contributed by atoms with Crippen molar-refractivity contribution in [2.45, 2.75) is 19.8 Å². The minimum Gasteiger partial charge on any atom is -1.00 e. The first kappa shape index (κ1) is 18.5. The zero-order chi connectivity index (χ0) is 15.9. The lowest BCUT2D eigenvalue weighted by Crippen LogP contribution is -3.00. The number of para-hydroxylation sites is 1. The summed E-state index contributed by atoms with van der Waals surface area (Å²) in [6.45, 7) is 2.94. The second-order valence-corrected chi connectivity index (χ2v) is 6.11. The van der Waals surface area contributed by atoms with Crippen molar-refractivity contribution in [2.24, 2.45) is 0 Å². The van der Waals surface area contributed by atoms with Crippen LogP contribution >= 0.6 is 11.3 Å². The molecule has 0 saturated carbocycles. The number of thiazole rings is 1. The van der Waals surface area contributed by atoms with Gasteiger partial charge in [-0.3, -0.25) is 0 Å². The van der Waals surface area contributed by atoms with Crippen molar-refractivity contribution in [1.29, 1.82) is 0 Å². The Kier molecular flexibility index (Phi) is 7.28. The van der Waals surface area contributed by atoms with Gasteiger partial charge in [-0.2, -0.15) is 0 Å². The summed E-state index contributed by atoms with van der Waals surface area (Å²) in [6, 6.07) is 18.2. The number of halogens is 1. The average Bonchev–Trinajstić information content (AvgIpc) is 3.05. The van der Waals surface area contributed by atoms with Gasteiger partial charge in [0.25, 0.3) is 0 Å². The van der Waals surface area contributed by atoms with Crippen LogP contribution in [-0.4, -0.2) is 11.6 Å². The van der Waals surface area contributed by atoms with Gasteiger partial charge in [0.15, 0.2) is 5.13 Å². The summed E-state index contributed by atoms with van der Waals surface area (Å²) in [7, 11) is 0. The molecule has 0 amide bonds. The SMILES string of the molecule is CCCCOc1ccc(-c2csc(Nc3ccccc3)n2)cc1.[Br-]. The minimum atomic E-state index is 0. The number of aromatic nitrogens is 1. The molecule has 3 rings (SSSR count). The van der Waals surface area contributed by atoms with E-state index in [1.807, 2.05) is 42.5 Å². The number of unbranched alkanes of at least 4 members (excludes halogenated alkanes) is 1.